The molecule has 5 heteroatoms. The molecule has 5 aromatic rings. The zero-order chi connectivity index (χ0) is 28.3. The molecule has 1 aliphatic rings. The first-order chi connectivity index (χ1) is 20.0. The third-order valence-electron chi connectivity index (χ3n) is 8.58. The summed E-state index contributed by atoms with van der Waals surface area (Å²) in [7, 11) is 0. The molecule has 6 rings (SSSR count). The average molecular weight is 564 g/mol. The molecule has 1 fully saturated rings. The number of benzene rings is 4. The molecule has 0 aliphatic carbocycles. The molecule has 2 heterocycles. The maximum Gasteiger partial charge on any atom is 0.226 e. The molecule has 0 spiro atoms. The Morgan fingerprint density at radius 1 is 0.951 bits per heavy atom. The number of nitrogens with zero attached hydrogens (tertiary/aromatic N) is 1. The minimum atomic E-state index is -0.0206. The quantitative estimate of drug-likeness (QED) is 0.198. The number of carbonyl (C=O) groups is 1. The molecule has 1 amide bonds. The fourth-order valence-electron chi connectivity index (χ4n) is 6.24. The lowest BCUT2D eigenvalue weighted by atomic mass is 9.89. The molecular formula is C36H38ClN3O. The smallest absolute Gasteiger partial charge is 0.226 e. The highest BCUT2D eigenvalue weighted by molar-refractivity contribution is 6.30. The zero-order valence-corrected chi connectivity index (χ0v) is 24.7. The average Bonchev–Trinajstić information content (AvgIpc) is 3.37. The second-order valence-electron chi connectivity index (χ2n) is 11.7. The van der Waals surface area contributed by atoms with Gasteiger partial charge in [-0.05, 0) is 97.6 Å². The highest BCUT2D eigenvalue weighted by atomic mass is 35.5. The fourth-order valence-corrected chi connectivity index (χ4v) is 6.37. The highest BCUT2D eigenvalue weighted by Crippen LogP contribution is 2.36. The van der Waals surface area contributed by atoms with Crippen molar-refractivity contribution in [2.75, 3.05) is 25.0 Å². The van der Waals surface area contributed by atoms with Crippen molar-refractivity contribution >= 4 is 44.9 Å². The number of aromatic amines is 1. The van der Waals surface area contributed by atoms with Crippen LogP contribution in [0, 0.1) is 5.92 Å². The van der Waals surface area contributed by atoms with E-state index in [1.54, 1.807) is 0 Å². The molecule has 2 N–H and O–H groups in total. The molecular weight excluding hydrogens is 526 g/mol. The summed E-state index contributed by atoms with van der Waals surface area (Å²) in [4.78, 5) is 18.6. The number of H-pyrrole nitrogens is 1. The number of anilines is 1. The van der Waals surface area contributed by atoms with Gasteiger partial charge in [0.1, 0.15) is 0 Å². The number of rotatable bonds is 8. The van der Waals surface area contributed by atoms with Gasteiger partial charge < -0.3 is 15.2 Å². The molecule has 1 aliphatic heterocycles. The van der Waals surface area contributed by atoms with Gasteiger partial charge in [0.2, 0.25) is 5.91 Å². The van der Waals surface area contributed by atoms with Gasteiger partial charge in [-0.15, -0.1) is 0 Å². The van der Waals surface area contributed by atoms with Gasteiger partial charge in [-0.25, -0.2) is 0 Å². The van der Waals surface area contributed by atoms with Crippen LogP contribution in [0.25, 0.3) is 32.9 Å². The van der Waals surface area contributed by atoms with E-state index in [0.717, 1.165) is 56.0 Å². The number of amides is 1. The zero-order valence-electron chi connectivity index (χ0n) is 23.9. The number of hydrogen-bond acceptors (Lipinski definition) is 2. The van der Waals surface area contributed by atoms with Crippen LogP contribution in [-0.4, -0.2) is 35.4 Å². The lowest BCUT2D eigenvalue weighted by molar-refractivity contribution is -0.118. The fraction of sp³-hybridized carbons (Fsp3) is 0.306. The second-order valence-corrected chi connectivity index (χ2v) is 12.1. The Labute approximate surface area is 247 Å². The van der Waals surface area contributed by atoms with E-state index < -0.39 is 0 Å². The Kier molecular flexibility index (Phi) is 8.13. The van der Waals surface area contributed by atoms with Crippen LogP contribution in [0.4, 0.5) is 5.69 Å². The summed E-state index contributed by atoms with van der Waals surface area (Å²) in [5, 5.41) is 7.65. The SMILES string of the molecule is CC(C)C(=O)Nc1cccc(C2CCN(CCCc3c(-c4ccc(Cl)cc4)[nH]c4c3ccc3ccccc34)CC2)c1. The summed E-state index contributed by atoms with van der Waals surface area (Å²) in [6.07, 6.45) is 4.43. The van der Waals surface area contributed by atoms with E-state index in [4.69, 9.17) is 11.6 Å². The van der Waals surface area contributed by atoms with Crippen LogP contribution in [0.2, 0.25) is 5.02 Å². The molecule has 1 saturated heterocycles. The predicted molar refractivity (Wildman–Crippen MR) is 173 cm³/mol. The van der Waals surface area contributed by atoms with E-state index in [0.29, 0.717) is 5.92 Å². The predicted octanol–water partition coefficient (Wildman–Crippen LogP) is 9.05. The topological polar surface area (TPSA) is 48.1 Å². The lowest BCUT2D eigenvalue weighted by Gasteiger charge is -2.32. The van der Waals surface area contributed by atoms with Crippen molar-refractivity contribution in [2.24, 2.45) is 5.92 Å². The molecule has 1 aromatic heterocycles. The standard InChI is InChI=1S/C36H38ClN3O/c1-24(2)36(41)38-30-9-5-8-28(23-30)25-18-21-40(22-19-25)20-6-11-32-33-17-14-26-7-3-4-10-31(26)35(33)39-34(32)27-12-15-29(37)16-13-27/h3-5,7-10,12-17,23-25,39H,6,11,18-22H2,1-2H3,(H,38,41). The normalized spacial score (nSPS) is 14.7. The number of carbonyl (C=O) groups excluding carboxylic acids is 1. The number of fused-ring (bicyclic) bond motifs is 3. The monoisotopic (exact) mass is 563 g/mol. The minimum Gasteiger partial charge on any atom is -0.354 e. The van der Waals surface area contributed by atoms with Crippen molar-refractivity contribution in [3.05, 3.63) is 101 Å². The molecule has 0 bridgehead atoms. The molecule has 210 valence electrons. The largest absolute Gasteiger partial charge is 0.354 e. The number of aromatic nitrogens is 1. The number of hydrogen-bond donors (Lipinski definition) is 2. The summed E-state index contributed by atoms with van der Waals surface area (Å²) >= 11 is 6.22. The number of nitrogens with one attached hydrogen (secondary N) is 2. The van der Waals surface area contributed by atoms with Gasteiger partial charge in [0, 0.05) is 33.1 Å². The van der Waals surface area contributed by atoms with Gasteiger partial charge in [0.05, 0.1) is 5.52 Å². The van der Waals surface area contributed by atoms with Crippen LogP contribution in [-0.2, 0) is 11.2 Å². The maximum atomic E-state index is 12.1. The minimum absolute atomic E-state index is 0.0206. The van der Waals surface area contributed by atoms with E-state index in [2.05, 4.69) is 81.9 Å². The van der Waals surface area contributed by atoms with Gasteiger partial charge in [-0.1, -0.05) is 86.1 Å². The first-order valence-electron chi connectivity index (χ1n) is 14.9. The Hall–Kier alpha value is -3.60. The Balaban J connectivity index is 1.13. The maximum absolute atomic E-state index is 12.1. The van der Waals surface area contributed by atoms with Crippen molar-refractivity contribution in [3.63, 3.8) is 0 Å². The number of aryl methyl sites for hydroxylation is 1. The van der Waals surface area contributed by atoms with Gasteiger partial charge in [-0.2, -0.15) is 0 Å². The summed E-state index contributed by atoms with van der Waals surface area (Å²) in [5.74, 6) is 0.591. The van der Waals surface area contributed by atoms with Crippen molar-refractivity contribution in [1.29, 1.82) is 0 Å². The van der Waals surface area contributed by atoms with E-state index in [1.165, 1.54) is 44.1 Å². The second kappa shape index (κ2) is 12.1. The van der Waals surface area contributed by atoms with E-state index in [1.807, 2.05) is 32.0 Å². The van der Waals surface area contributed by atoms with Crippen molar-refractivity contribution in [1.82, 2.24) is 9.88 Å². The first-order valence-corrected chi connectivity index (χ1v) is 15.3. The summed E-state index contributed by atoms with van der Waals surface area (Å²) < 4.78 is 0. The third kappa shape index (κ3) is 6.05. The van der Waals surface area contributed by atoms with E-state index in [-0.39, 0.29) is 11.8 Å². The molecule has 0 atom stereocenters. The Morgan fingerprint density at radius 2 is 1.73 bits per heavy atom. The summed E-state index contributed by atoms with van der Waals surface area (Å²) in [5.41, 5.74) is 7.24. The summed E-state index contributed by atoms with van der Waals surface area (Å²) in [6, 6.07) is 29.8. The Morgan fingerprint density at radius 3 is 2.51 bits per heavy atom. The number of likely N-dealkylation sites (tertiary alicyclic amines) is 1. The van der Waals surface area contributed by atoms with Crippen LogP contribution in [0.1, 0.15) is 50.2 Å². The first kappa shape index (κ1) is 27.6. The van der Waals surface area contributed by atoms with Crippen LogP contribution >= 0.6 is 11.6 Å². The molecule has 0 radical (unpaired) electrons. The molecule has 4 aromatic carbocycles. The highest BCUT2D eigenvalue weighted by Gasteiger charge is 2.22. The molecule has 0 saturated carbocycles. The molecule has 0 unspecified atom stereocenters. The lowest BCUT2D eigenvalue weighted by Crippen LogP contribution is -2.33. The van der Waals surface area contributed by atoms with Crippen molar-refractivity contribution < 1.29 is 4.79 Å². The van der Waals surface area contributed by atoms with Gasteiger partial charge in [0.15, 0.2) is 0 Å². The summed E-state index contributed by atoms with van der Waals surface area (Å²) in [6.45, 7) is 7.16. The third-order valence-corrected chi connectivity index (χ3v) is 8.83. The van der Waals surface area contributed by atoms with Crippen molar-refractivity contribution in [3.8, 4) is 11.3 Å². The van der Waals surface area contributed by atoms with Crippen LogP contribution in [0.15, 0.2) is 84.9 Å². The van der Waals surface area contributed by atoms with Crippen LogP contribution in [0.3, 0.4) is 0 Å². The number of piperidine rings is 1. The van der Waals surface area contributed by atoms with Gasteiger partial charge in [-0.3, -0.25) is 4.79 Å². The van der Waals surface area contributed by atoms with Gasteiger partial charge in [0.25, 0.3) is 0 Å². The van der Waals surface area contributed by atoms with E-state index >= 15 is 0 Å². The molecule has 41 heavy (non-hydrogen) atoms. The van der Waals surface area contributed by atoms with Crippen molar-refractivity contribution in [2.45, 2.75) is 45.4 Å². The Bertz CT molecular complexity index is 1660. The van der Waals surface area contributed by atoms with Crippen LogP contribution < -0.4 is 5.32 Å². The number of halogens is 1. The van der Waals surface area contributed by atoms with E-state index in [9.17, 15) is 4.79 Å². The molecule has 4 nitrogen and oxygen atoms in total. The van der Waals surface area contributed by atoms with Gasteiger partial charge >= 0.3 is 0 Å². The van der Waals surface area contributed by atoms with Crippen LogP contribution in [0.5, 0.6) is 0 Å².